The van der Waals surface area contributed by atoms with E-state index < -0.39 is 4.92 Å². The molecule has 0 radical (unpaired) electrons. The SMILES string of the molecule is O=[N+]([O-])c1ccc(C=Nc2ccc(OCOc3ccc(-c4nc5ccccc5s4)cc3)cc2)cc1. The Morgan fingerprint density at radius 3 is 2.17 bits per heavy atom. The highest BCUT2D eigenvalue weighted by atomic mass is 32.1. The number of nitro benzene ring substituents is 1. The fraction of sp³-hybridized carbons (Fsp3) is 0.0370. The largest absolute Gasteiger partial charge is 0.458 e. The van der Waals surface area contributed by atoms with Crippen molar-refractivity contribution in [2.24, 2.45) is 4.99 Å². The maximum Gasteiger partial charge on any atom is 0.269 e. The lowest BCUT2D eigenvalue weighted by Crippen LogP contribution is -2.05. The summed E-state index contributed by atoms with van der Waals surface area (Å²) in [6.07, 6.45) is 1.65. The Kier molecular flexibility index (Phi) is 6.45. The molecule has 0 spiro atoms. The van der Waals surface area contributed by atoms with Gasteiger partial charge in [-0.3, -0.25) is 15.1 Å². The van der Waals surface area contributed by atoms with Crippen LogP contribution < -0.4 is 9.47 Å². The van der Waals surface area contributed by atoms with Crippen LogP contribution in [0.1, 0.15) is 5.56 Å². The number of aliphatic imine (C=N–C) groups is 1. The number of non-ortho nitro benzene ring substituents is 1. The number of thiazole rings is 1. The zero-order chi connectivity index (χ0) is 24.0. The third-order valence-electron chi connectivity index (χ3n) is 5.15. The summed E-state index contributed by atoms with van der Waals surface area (Å²) in [6.45, 7) is 0.0753. The number of aromatic nitrogens is 1. The van der Waals surface area contributed by atoms with E-state index >= 15 is 0 Å². The molecule has 8 heteroatoms. The monoisotopic (exact) mass is 481 g/mol. The maximum absolute atomic E-state index is 10.7. The molecule has 0 bridgehead atoms. The van der Waals surface area contributed by atoms with E-state index in [0.717, 1.165) is 27.3 Å². The van der Waals surface area contributed by atoms with E-state index in [1.165, 1.54) is 16.8 Å². The molecular weight excluding hydrogens is 462 g/mol. The Morgan fingerprint density at radius 1 is 0.857 bits per heavy atom. The van der Waals surface area contributed by atoms with Crippen LogP contribution in [-0.2, 0) is 0 Å². The third kappa shape index (κ3) is 5.51. The fourth-order valence-electron chi connectivity index (χ4n) is 3.31. The van der Waals surface area contributed by atoms with E-state index in [9.17, 15) is 10.1 Å². The van der Waals surface area contributed by atoms with E-state index in [4.69, 9.17) is 9.47 Å². The molecule has 0 saturated heterocycles. The van der Waals surface area contributed by atoms with Crippen LogP contribution in [0.15, 0.2) is 102 Å². The molecule has 0 N–H and O–H groups in total. The predicted octanol–water partition coefficient (Wildman–Crippen LogP) is 7.04. The Hall–Kier alpha value is -4.56. The van der Waals surface area contributed by atoms with Gasteiger partial charge >= 0.3 is 0 Å². The average molecular weight is 482 g/mol. The van der Waals surface area contributed by atoms with Gasteiger partial charge < -0.3 is 9.47 Å². The molecule has 172 valence electrons. The molecule has 5 rings (SSSR count). The van der Waals surface area contributed by atoms with Gasteiger partial charge in [0.05, 0.1) is 20.8 Å². The van der Waals surface area contributed by atoms with Crippen molar-refractivity contribution in [2.45, 2.75) is 0 Å². The lowest BCUT2D eigenvalue weighted by Gasteiger charge is -2.09. The van der Waals surface area contributed by atoms with Crippen molar-refractivity contribution in [3.63, 3.8) is 0 Å². The smallest absolute Gasteiger partial charge is 0.269 e. The van der Waals surface area contributed by atoms with Crippen LogP contribution in [0.5, 0.6) is 11.5 Å². The topological polar surface area (TPSA) is 86.9 Å². The number of nitrogens with zero attached hydrogens (tertiary/aromatic N) is 3. The highest BCUT2D eigenvalue weighted by Crippen LogP contribution is 2.31. The van der Waals surface area contributed by atoms with Crippen LogP contribution in [-0.4, -0.2) is 22.9 Å². The molecule has 35 heavy (non-hydrogen) atoms. The molecule has 0 fully saturated rings. The Labute approximate surface area is 205 Å². The van der Waals surface area contributed by atoms with Gasteiger partial charge in [0.15, 0.2) is 0 Å². The Bertz CT molecular complexity index is 1450. The molecular formula is C27H19N3O4S. The molecule has 5 aromatic rings. The number of ether oxygens (including phenoxy) is 2. The van der Waals surface area contributed by atoms with Gasteiger partial charge in [-0.2, -0.15) is 0 Å². The van der Waals surface area contributed by atoms with Crippen LogP contribution in [0, 0.1) is 10.1 Å². The van der Waals surface area contributed by atoms with E-state index in [0.29, 0.717) is 11.5 Å². The summed E-state index contributed by atoms with van der Waals surface area (Å²) in [5.74, 6) is 1.37. The molecule has 4 aromatic carbocycles. The van der Waals surface area contributed by atoms with Gasteiger partial charge in [0.25, 0.3) is 5.69 Å². The van der Waals surface area contributed by atoms with Gasteiger partial charge in [0, 0.05) is 23.9 Å². The number of fused-ring (bicyclic) bond motifs is 1. The predicted molar refractivity (Wildman–Crippen MR) is 138 cm³/mol. The summed E-state index contributed by atoms with van der Waals surface area (Å²) in [4.78, 5) is 19.4. The number of hydrogen-bond donors (Lipinski definition) is 0. The maximum atomic E-state index is 10.7. The molecule has 1 heterocycles. The highest BCUT2D eigenvalue weighted by molar-refractivity contribution is 7.21. The second-order valence-electron chi connectivity index (χ2n) is 7.52. The van der Waals surface area contributed by atoms with Crippen LogP contribution >= 0.6 is 11.3 Å². The zero-order valence-corrected chi connectivity index (χ0v) is 19.2. The van der Waals surface area contributed by atoms with Crippen molar-refractivity contribution < 1.29 is 14.4 Å². The van der Waals surface area contributed by atoms with Crippen molar-refractivity contribution in [2.75, 3.05) is 6.79 Å². The zero-order valence-electron chi connectivity index (χ0n) is 18.4. The van der Waals surface area contributed by atoms with Crippen LogP contribution in [0.3, 0.4) is 0 Å². The molecule has 7 nitrogen and oxygen atoms in total. The van der Waals surface area contributed by atoms with Gasteiger partial charge in [0.2, 0.25) is 6.79 Å². The molecule has 0 unspecified atom stereocenters. The molecule has 1 aromatic heterocycles. The summed E-state index contributed by atoms with van der Waals surface area (Å²) in [6, 6.07) is 29.4. The summed E-state index contributed by atoms with van der Waals surface area (Å²) >= 11 is 1.67. The second-order valence-corrected chi connectivity index (χ2v) is 8.55. The number of benzene rings is 4. The van der Waals surface area contributed by atoms with Crippen molar-refractivity contribution in [3.05, 3.63) is 113 Å². The first-order valence-corrected chi connectivity index (χ1v) is 11.6. The third-order valence-corrected chi connectivity index (χ3v) is 6.24. The molecule has 0 aliphatic rings. The minimum Gasteiger partial charge on any atom is -0.458 e. The van der Waals surface area contributed by atoms with E-state index in [2.05, 4.69) is 16.0 Å². The Balaban J connectivity index is 1.13. The minimum absolute atomic E-state index is 0.0509. The van der Waals surface area contributed by atoms with Gasteiger partial charge in [-0.1, -0.05) is 12.1 Å². The summed E-state index contributed by atoms with van der Waals surface area (Å²) in [5.41, 5.74) is 3.61. The summed E-state index contributed by atoms with van der Waals surface area (Å²) in [7, 11) is 0. The first-order chi connectivity index (χ1) is 17.1. The van der Waals surface area contributed by atoms with Gasteiger partial charge in [-0.15, -0.1) is 11.3 Å². The van der Waals surface area contributed by atoms with Crippen molar-refractivity contribution in [3.8, 4) is 22.1 Å². The molecule has 0 saturated carbocycles. The number of hydrogen-bond acceptors (Lipinski definition) is 7. The molecule has 0 aliphatic heterocycles. The number of rotatable bonds is 8. The van der Waals surface area contributed by atoms with Crippen LogP contribution in [0.4, 0.5) is 11.4 Å². The van der Waals surface area contributed by atoms with Crippen molar-refractivity contribution in [1.29, 1.82) is 0 Å². The average Bonchev–Trinajstić information content (AvgIpc) is 3.33. The number of nitro groups is 1. The van der Waals surface area contributed by atoms with E-state index in [1.54, 1.807) is 29.7 Å². The summed E-state index contributed by atoms with van der Waals surface area (Å²) < 4.78 is 12.5. The minimum atomic E-state index is -0.428. The number of para-hydroxylation sites is 1. The normalized spacial score (nSPS) is 11.1. The van der Waals surface area contributed by atoms with Crippen LogP contribution in [0.2, 0.25) is 0 Å². The quantitative estimate of drug-likeness (QED) is 0.103. The Morgan fingerprint density at radius 2 is 1.51 bits per heavy atom. The first-order valence-electron chi connectivity index (χ1n) is 10.7. The van der Waals surface area contributed by atoms with Crippen molar-refractivity contribution >= 4 is 39.1 Å². The lowest BCUT2D eigenvalue weighted by atomic mass is 10.2. The van der Waals surface area contributed by atoms with E-state index in [-0.39, 0.29) is 12.5 Å². The molecule has 0 amide bonds. The molecule has 0 atom stereocenters. The van der Waals surface area contributed by atoms with Gasteiger partial charge in [-0.05, 0) is 78.4 Å². The fourth-order valence-corrected chi connectivity index (χ4v) is 4.29. The van der Waals surface area contributed by atoms with Crippen LogP contribution in [0.25, 0.3) is 20.8 Å². The lowest BCUT2D eigenvalue weighted by molar-refractivity contribution is -0.384. The summed E-state index contributed by atoms with van der Waals surface area (Å²) in [5, 5.41) is 11.7. The standard InChI is InChI=1S/C27H19N3O4S/c31-30(32)22-11-5-19(6-12-22)17-28-21-9-15-24(16-10-21)34-18-33-23-13-7-20(8-14-23)27-29-25-3-1-2-4-26(25)35-27/h1-17H,18H2. The highest BCUT2D eigenvalue weighted by Gasteiger charge is 2.06. The van der Waals surface area contributed by atoms with Gasteiger partial charge in [-0.25, -0.2) is 4.98 Å². The second kappa shape index (κ2) is 10.1. The van der Waals surface area contributed by atoms with Gasteiger partial charge in [0.1, 0.15) is 16.5 Å². The van der Waals surface area contributed by atoms with Crippen molar-refractivity contribution in [1.82, 2.24) is 4.98 Å². The molecule has 0 aliphatic carbocycles. The van der Waals surface area contributed by atoms with E-state index in [1.807, 2.05) is 66.7 Å². The first kappa shape index (κ1) is 22.2.